The average molecular weight is 463 g/mol. The number of carbonyl (C=O) groups excluding carboxylic acids is 1. The Kier molecular flexibility index (Phi) is 5.96. The van der Waals surface area contributed by atoms with Crippen LogP contribution in [0.25, 0.3) is 32.7 Å². The molecule has 3 N–H and O–H groups in total. The number of para-hydroxylation sites is 1. The van der Waals surface area contributed by atoms with Crippen LogP contribution in [0.1, 0.15) is 10.4 Å². The number of primary amides is 1. The van der Waals surface area contributed by atoms with Gasteiger partial charge in [0.2, 0.25) is 0 Å². The summed E-state index contributed by atoms with van der Waals surface area (Å²) in [5, 5.41) is 2.94. The van der Waals surface area contributed by atoms with Gasteiger partial charge in [0.1, 0.15) is 17.2 Å². The van der Waals surface area contributed by atoms with Gasteiger partial charge in [-0.1, -0.05) is 24.3 Å². The average Bonchev–Trinajstić information content (AvgIpc) is 3.36. The Hall–Kier alpha value is -4.91. The second-order valence-electron chi connectivity index (χ2n) is 7.77. The van der Waals surface area contributed by atoms with E-state index in [1.54, 1.807) is 24.4 Å². The van der Waals surface area contributed by atoms with E-state index in [0.717, 1.165) is 16.4 Å². The van der Waals surface area contributed by atoms with Gasteiger partial charge < -0.3 is 20.2 Å². The molecule has 0 unspecified atom stereocenters. The Morgan fingerprint density at radius 3 is 2.49 bits per heavy atom. The maximum atomic E-state index is 11.7. The summed E-state index contributed by atoms with van der Waals surface area (Å²) in [5.74, 6) is 1.10. The van der Waals surface area contributed by atoms with Gasteiger partial charge in [0.05, 0.1) is 23.7 Å². The molecule has 0 aliphatic rings. The molecule has 7 heteroatoms. The molecule has 0 spiro atoms. The molecule has 0 aliphatic carbocycles. The minimum atomic E-state index is -0.567. The number of fused-ring (bicyclic) bond motifs is 3. The van der Waals surface area contributed by atoms with E-state index in [4.69, 9.17) is 15.2 Å². The number of pyridine rings is 2. The molecule has 35 heavy (non-hydrogen) atoms. The molecule has 0 aliphatic heterocycles. The van der Waals surface area contributed by atoms with E-state index in [9.17, 15) is 4.79 Å². The molecule has 1 amide bonds. The zero-order valence-corrected chi connectivity index (χ0v) is 18.9. The summed E-state index contributed by atoms with van der Waals surface area (Å²) in [6.07, 6.45) is 5.33. The number of ether oxygens (including phenoxy) is 2. The van der Waals surface area contributed by atoms with Gasteiger partial charge in [-0.3, -0.25) is 14.8 Å². The summed E-state index contributed by atoms with van der Waals surface area (Å²) in [6, 6.07) is 24.9. The van der Waals surface area contributed by atoms with Crippen LogP contribution in [0.15, 0.2) is 97.5 Å². The monoisotopic (exact) mass is 462 g/mol. The van der Waals surface area contributed by atoms with Crippen LogP contribution in [0.2, 0.25) is 0 Å². The number of aromatic amines is 1. The first-order valence-corrected chi connectivity index (χ1v) is 10.9. The second-order valence-corrected chi connectivity index (χ2v) is 7.77. The minimum Gasteiger partial charge on any atom is -0.496 e. The van der Waals surface area contributed by atoms with E-state index in [1.807, 2.05) is 60.9 Å². The third-order valence-corrected chi connectivity index (χ3v) is 5.55. The number of H-pyrrole nitrogens is 1. The first-order valence-electron chi connectivity index (χ1n) is 10.9. The Balaban J connectivity index is 0.000000211. The number of nitrogens with two attached hydrogens (primary N) is 1. The quantitative estimate of drug-likeness (QED) is 0.342. The Morgan fingerprint density at radius 2 is 1.66 bits per heavy atom. The third-order valence-electron chi connectivity index (χ3n) is 5.55. The number of benzene rings is 3. The van der Waals surface area contributed by atoms with E-state index in [0.29, 0.717) is 28.2 Å². The van der Waals surface area contributed by atoms with Gasteiger partial charge in [-0.25, -0.2) is 0 Å². The predicted molar refractivity (Wildman–Crippen MR) is 137 cm³/mol. The number of methoxy groups -OCH3 is 1. The van der Waals surface area contributed by atoms with Crippen LogP contribution in [0.4, 0.5) is 0 Å². The van der Waals surface area contributed by atoms with Gasteiger partial charge in [0, 0.05) is 46.3 Å². The number of rotatable bonds is 4. The molecule has 0 saturated heterocycles. The maximum absolute atomic E-state index is 11.7. The smallest absolute Gasteiger partial charge is 0.252 e. The molecule has 6 aromatic rings. The number of hydrogen-bond acceptors (Lipinski definition) is 5. The fourth-order valence-electron chi connectivity index (χ4n) is 3.84. The van der Waals surface area contributed by atoms with Crippen molar-refractivity contribution in [2.75, 3.05) is 7.11 Å². The van der Waals surface area contributed by atoms with Crippen LogP contribution in [0.5, 0.6) is 17.2 Å². The van der Waals surface area contributed by atoms with E-state index < -0.39 is 5.91 Å². The number of amides is 1. The van der Waals surface area contributed by atoms with E-state index >= 15 is 0 Å². The zero-order chi connectivity index (χ0) is 24.2. The highest BCUT2D eigenvalue weighted by Gasteiger charge is 2.14. The fourth-order valence-corrected chi connectivity index (χ4v) is 3.84. The summed E-state index contributed by atoms with van der Waals surface area (Å²) in [7, 11) is 1.49. The van der Waals surface area contributed by atoms with Gasteiger partial charge in [-0.15, -0.1) is 0 Å². The maximum Gasteiger partial charge on any atom is 0.252 e. The van der Waals surface area contributed by atoms with Crippen molar-refractivity contribution in [3.8, 4) is 17.2 Å². The van der Waals surface area contributed by atoms with Crippen molar-refractivity contribution in [2.45, 2.75) is 0 Å². The summed E-state index contributed by atoms with van der Waals surface area (Å²) >= 11 is 0. The third kappa shape index (κ3) is 4.60. The summed E-state index contributed by atoms with van der Waals surface area (Å²) < 4.78 is 11.3. The first kappa shape index (κ1) is 21.9. The van der Waals surface area contributed by atoms with E-state index in [-0.39, 0.29) is 5.56 Å². The Bertz CT molecular complexity index is 1590. The number of carbonyl (C=O) groups is 1. The van der Waals surface area contributed by atoms with Gasteiger partial charge in [-0.05, 0) is 48.5 Å². The largest absolute Gasteiger partial charge is 0.496 e. The molecule has 6 rings (SSSR count). The minimum absolute atomic E-state index is 0.286. The molecule has 3 aromatic carbocycles. The molecule has 3 heterocycles. The zero-order valence-electron chi connectivity index (χ0n) is 18.9. The molecule has 0 radical (unpaired) electrons. The van der Waals surface area contributed by atoms with E-state index in [2.05, 4.69) is 27.1 Å². The van der Waals surface area contributed by atoms with Crippen molar-refractivity contribution in [3.63, 3.8) is 0 Å². The molecule has 0 bridgehead atoms. The lowest BCUT2D eigenvalue weighted by molar-refractivity contribution is 0.0997. The standard InChI is InChI=1S/C19H15N3O3.C9H7N/c1-24-18-10-16-13(9-14(18)19(20)23)17(5-7-22-16)25-12-2-3-15-11(8-12)4-6-21-15;1-2-6-9-8(4-1)5-3-7-10-9/h2-10,21H,1H3,(H2,20,23);1-7H. The lowest BCUT2D eigenvalue weighted by atomic mass is 10.1. The van der Waals surface area contributed by atoms with Crippen LogP contribution in [-0.4, -0.2) is 28.0 Å². The Morgan fingerprint density at radius 1 is 0.829 bits per heavy atom. The van der Waals surface area contributed by atoms with E-state index in [1.165, 1.54) is 12.5 Å². The lowest BCUT2D eigenvalue weighted by Crippen LogP contribution is -2.12. The van der Waals surface area contributed by atoms with Crippen LogP contribution < -0.4 is 15.2 Å². The molecular weight excluding hydrogens is 440 g/mol. The SMILES string of the molecule is COc1cc2nccc(Oc3ccc4[nH]ccc4c3)c2cc1C(N)=O.c1ccc2ncccc2c1. The number of nitrogens with zero attached hydrogens (tertiary/aromatic N) is 2. The summed E-state index contributed by atoms with van der Waals surface area (Å²) in [4.78, 5) is 23.3. The van der Waals surface area contributed by atoms with Gasteiger partial charge >= 0.3 is 0 Å². The molecule has 3 aromatic heterocycles. The van der Waals surface area contributed by atoms with Crippen LogP contribution in [0, 0.1) is 0 Å². The van der Waals surface area contributed by atoms with Crippen molar-refractivity contribution in [3.05, 3.63) is 103 Å². The highest BCUT2D eigenvalue weighted by molar-refractivity contribution is 6.01. The van der Waals surface area contributed by atoms with Crippen LogP contribution in [-0.2, 0) is 0 Å². The molecule has 0 atom stereocenters. The molecule has 0 saturated carbocycles. The van der Waals surface area contributed by atoms with Crippen LogP contribution >= 0.6 is 0 Å². The topological polar surface area (TPSA) is 103 Å². The van der Waals surface area contributed by atoms with Gasteiger partial charge in [0.25, 0.3) is 5.91 Å². The Labute approximate surface area is 201 Å². The van der Waals surface area contributed by atoms with Crippen molar-refractivity contribution in [2.24, 2.45) is 5.73 Å². The summed E-state index contributed by atoms with van der Waals surface area (Å²) in [6.45, 7) is 0. The number of nitrogens with one attached hydrogen (secondary N) is 1. The van der Waals surface area contributed by atoms with Crippen LogP contribution in [0.3, 0.4) is 0 Å². The van der Waals surface area contributed by atoms with Crippen molar-refractivity contribution in [1.29, 1.82) is 0 Å². The van der Waals surface area contributed by atoms with Crippen molar-refractivity contribution in [1.82, 2.24) is 15.0 Å². The molecule has 7 nitrogen and oxygen atoms in total. The number of hydrogen-bond donors (Lipinski definition) is 2. The van der Waals surface area contributed by atoms with Gasteiger partial charge in [0.15, 0.2) is 0 Å². The summed E-state index contributed by atoms with van der Waals surface area (Å²) in [5.41, 5.74) is 8.49. The lowest BCUT2D eigenvalue weighted by Gasteiger charge is -2.11. The van der Waals surface area contributed by atoms with Crippen molar-refractivity contribution >= 4 is 38.6 Å². The predicted octanol–water partition coefficient (Wildman–Crippen LogP) is 5.85. The van der Waals surface area contributed by atoms with Gasteiger partial charge in [-0.2, -0.15) is 0 Å². The molecular formula is C28H22N4O3. The highest BCUT2D eigenvalue weighted by atomic mass is 16.5. The normalized spacial score (nSPS) is 10.7. The number of aromatic nitrogens is 3. The fraction of sp³-hybridized carbons (Fsp3) is 0.0357. The van der Waals surface area contributed by atoms with Crippen molar-refractivity contribution < 1.29 is 14.3 Å². The second kappa shape index (κ2) is 9.52. The highest BCUT2D eigenvalue weighted by Crippen LogP contribution is 2.33. The molecule has 172 valence electrons. The first-order chi connectivity index (χ1) is 17.1. The molecule has 0 fully saturated rings.